The second kappa shape index (κ2) is 3.35. The number of benzene rings is 1. The molecule has 70 valence electrons. The number of carbonyl (C=O) groups is 1. The summed E-state index contributed by atoms with van der Waals surface area (Å²) in [6.45, 7) is 1.75. The highest BCUT2D eigenvalue weighted by Gasteiger charge is 2.09. The third kappa shape index (κ3) is 1.72. The van der Waals surface area contributed by atoms with Gasteiger partial charge in [-0.05, 0) is 24.6 Å². The van der Waals surface area contributed by atoms with Crippen molar-refractivity contribution < 1.29 is 14.6 Å². The molecule has 0 aromatic heterocycles. The lowest BCUT2D eigenvalue weighted by Crippen LogP contribution is -2.01. The van der Waals surface area contributed by atoms with Crippen molar-refractivity contribution in [3.63, 3.8) is 0 Å². The molecule has 0 bridgehead atoms. The van der Waals surface area contributed by atoms with Gasteiger partial charge in [-0.25, -0.2) is 4.79 Å². The lowest BCUT2D eigenvalue weighted by molar-refractivity contribution is 0.0697. The first kappa shape index (κ1) is 9.38. The van der Waals surface area contributed by atoms with Crippen molar-refractivity contribution >= 4 is 11.7 Å². The molecule has 0 unspecified atom stereocenters. The Balaban J connectivity index is 3.28. The summed E-state index contributed by atoms with van der Waals surface area (Å²) in [5.41, 5.74) is 6.83. The molecule has 0 saturated heterocycles. The highest BCUT2D eigenvalue weighted by Crippen LogP contribution is 2.26. The zero-order valence-electron chi connectivity index (χ0n) is 7.50. The number of anilines is 1. The molecule has 0 amide bonds. The Bertz CT molecular complexity index is 324. The number of carboxylic acids is 1. The average Bonchev–Trinajstić information content (AvgIpc) is 2.03. The summed E-state index contributed by atoms with van der Waals surface area (Å²) >= 11 is 0. The Kier molecular flexibility index (Phi) is 2.41. The SMILES string of the molecule is COc1c(C)cc(C(=O)O)cc1N. The van der Waals surface area contributed by atoms with Gasteiger partial charge in [0.05, 0.1) is 18.4 Å². The standard InChI is InChI=1S/C9H11NO3/c1-5-3-6(9(11)12)4-7(10)8(5)13-2/h3-4H,10H2,1-2H3,(H,11,12). The van der Waals surface area contributed by atoms with E-state index in [0.717, 1.165) is 5.56 Å². The number of nitrogen functional groups attached to an aromatic ring is 1. The number of aromatic carboxylic acids is 1. The largest absolute Gasteiger partial charge is 0.494 e. The van der Waals surface area contributed by atoms with E-state index in [1.165, 1.54) is 19.2 Å². The van der Waals surface area contributed by atoms with Crippen LogP contribution < -0.4 is 10.5 Å². The topological polar surface area (TPSA) is 72.5 Å². The van der Waals surface area contributed by atoms with Gasteiger partial charge in [-0.15, -0.1) is 0 Å². The minimum absolute atomic E-state index is 0.177. The first-order valence-electron chi connectivity index (χ1n) is 3.73. The van der Waals surface area contributed by atoms with Gasteiger partial charge in [0, 0.05) is 0 Å². The van der Waals surface area contributed by atoms with Crippen molar-refractivity contribution in [3.05, 3.63) is 23.3 Å². The second-order valence-corrected chi connectivity index (χ2v) is 2.72. The average molecular weight is 181 g/mol. The quantitative estimate of drug-likeness (QED) is 0.674. The highest BCUT2D eigenvalue weighted by molar-refractivity contribution is 5.89. The van der Waals surface area contributed by atoms with Crippen molar-refractivity contribution in [2.45, 2.75) is 6.92 Å². The van der Waals surface area contributed by atoms with E-state index in [9.17, 15) is 4.79 Å². The van der Waals surface area contributed by atoms with E-state index >= 15 is 0 Å². The molecule has 1 aromatic carbocycles. The van der Waals surface area contributed by atoms with Gasteiger partial charge in [0.2, 0.25) is 0 Å². The normalized spacial score (nSPS) is 9.69. The molecule has 0 atom stereocenters. The van der Waals surface area contributed by atoms with Gasteiger partial charge in [-0.2, -0.15) is 0 Å². The van der Waals surface area contributed by atoms with Gasteiger partial charge in [-0.3, -0.25) is 0 Å². The number of rotatable bonds is 2. The molecule has 1 rings (SSSR count). The van der Waals surface area contributed by atoms with E-state index in [0.29, 0.717) is 11.4 Å². The molecule has 13 heavy (non-hydrogen) atoms. The lowest BCUT2D eigenvalue weighted by Gasteiger charge is -2.08. The summed E-state index contributed by atoms with van der Waals surface area (Å²) in [4.78, 5) is 10.6. The zero-order chi connectivity index (χ0) is 10.0. The van der Waals surface area contributed by atoms with Crippen LogP contribution in [0.3, 0.4) is 0 Å². The van der Waals surface area contributed by atoms with Crippen LogP contribution in [0.1, 0.15) is 15.9 Å². The van der Waals surface area contributed by atoms with E-state index in [-0.39, 0.29) is 5.56 Å². The summed E-state index contributed by atoms with van der Waals surface area (Å²) in [5.74, 6) is -0.456. The van der Waals surface area contributed by atoms with Crippen LogP contribution in [-0.2, 0) is 0 Å². The van der Waals surface area contributed by atoms with E-state index in [4.69, 9.17) is 15.6 Å². The second-order valence-electron chi connectivity index (χ2n) is 2.72. The Labute approximate surface area is 75.9 Å². The fourth-order valence-corrected chi connectivity index (χ4v) is 1.20. The molecule has 0 aliphatic heterocycles. The molecule has 3 N–H and O–H groups in total. The minimum Gasteiger partial charge on any atom is -0.494 e. The molecular weight excluding hydrogens is 170 g/mol. The number of carboxylic acid groups (broad SMARTS) is 1. The van der Waals surface area contributed by atoms with Gasteiger partial charge in [0.25, 0.3) is 0 Å². The van der Waals surface area contributed by atoms with E-state index < -0.39 is 5.97 Å². The molecule has 0 radical (unpaired) electrons. The number of methoxy groups -OCH3 is 1. The van der Waals surface area contributed by atoms with Gasteiger partial charge in [0.1, 0.15) is 5.75 Å². The van der Waals surface area contributed by atoms with Crippen LogP contribution in [0, 0.1) is 6.92 Å². The predicted molar refractivity (Wildman–Crippen MR) is 49.1 cm³/mol. The molecular formula is C9H11NO3. The zero-order valence-corrected chi connectivity index (χ0v) is 7.50. The van der Waals surface area contributed by atoms with Crippen molar-refractivity contribution in [1.82, 2.24) is 0 Å². The van der Waals surface area contributed by atoms with Crippen LogP contribution in [-0.4, -0.2) is 18.2 Å². The Morgan fingerprint density at radius 2 is 2.15 bits per heavy atom. The van der Waals surface area contributed by atoms with Crippen LogP contribution in [0.4, 0.5) is 5.69 Å². The first-order valence-corrected chi connectivity index (χ1v) is 3.73. The van der Waals surface area contributed by atoms with Gasteiger partial charge in [-0.1, -0.05) is 0 Å². The van der Waals surface area contributed by atoms with E-state index in [2.05, 4.69) is 0 Å². The van der Waals surface area contributed by atoms with Crippen LogP contribution in [0.25, 0.3) is 0 Å². The predicted octanol–water partition coefficient (Wildman–Crippen LogP) is 1.28. The molecule has 0 spiro atoms. The molecule has 0 aliphatic carbocycles. The minimum atomic E-state index is -0.988. The smallest absolute Gasteiger partial charge is 0.335 e. The number of hydrogen-bond donors (Lipinski definition) is 2. The molecule has 1 aromatic rings. The van der Waals surface area contributed by atoms with Crippen molar-refractivity contribution in [1.29, 1.82) is 0 Å². The number of ether oxygens (including phenoxy) is 1. The van der Waals surface area contributed by atoms with Crippen molar-refractivity contribution in [2.24, 2.45) is 0 Å². The maximum atomic E-state index is 10.6. The number of aryl methyl sites for hydroxylation is 1. The van der Waals surface area contributed by atoms with Crippen LogP contribution in [0.15, 0.2) is 12.1 Å². The maximum Gasteiger partial charge on any atom is 0.335 e. The highest BCUT2D eigenvalue weighted by atomic mass is 16.5. The molecule has 0 fully saturated rings. The number of nitrogens with two attached hydrogens (primary N) is 1. The van der Waals surface area contributed by atoms with Gasteiger partial charge in [0.15, 0.2) is 0 Å². The summed E-state index contributed by atoms with van der Waals surface area (Å²) in [7, 11) is 1.50. The lowest BCUT2D eigenvalue weighted by atomic mass is 10.1. The number of hydrogen-bond acceptors (Lipinski definition) is 3. The molecule has 0 heterocycles. The van der Waals surface area contributed by atoms with Crippen LogP contribution >= 0.6 is 0 Å². The van der Waals surface area contributed by atoms with Gasteiger partial charge >= 0.3 is 5.97 Å². The van der Waals surface area contributed by atoms with Gasteiger partial charge < -0.3 is 15.6 Å². The Morgan fingerprint density at radius 3 is 2.54 bits per heavy atom. The fourth-order valence-electron chi connectivity index (χ4n) is 1.20. The third-order valence-electron chi connectivity index (χ3n) is 1.75. The van der Waals surface area contributed by atoms with Crippen LogP contribution in [0.2, 0.25) is 0 Å². The fraction of sp³-hybridized carbons (Fsp3) is 0.222. The molecule has 4 heteroatoms. The van der Waals surface area contributed by atoms with Crippen LogP contribution in [0.5, 0.6) is 5.75 Å². The molecule has 0 aliphatic rings. The summed E-state index contributed by atoms with van der Waals surface area (Å²) in [6.07, 6.45) is 0. The third-order valence-corrected chi connectivity index (χ3v) is 1.75. The summed E-state index contributed by atoms with van der Waals surface area (Å²) in [6, 6.07) is 2.91. The monoisotopic (exact) mass is 181 g/mol. The van der Waals surface area contributed by atoms with Crippen molar-refractivity contribution in [2.75, 3.05) is 12.8 Å². The summed E-state index contributed by atoms with van der Waals surface area (Å²) in [5, 5.41) is 8.70. The molecule has 4 nitrogen and oxygen atoms in total. The molecule has 0 saturated carbocycles. The Morgan fingerprint density at radius 1 is 1.54 bits per heavy atom. The Hall–Kier alpha value is -1.71. The van der Waals surface area contributed by atoms with E-state index in [1.807, 2.05) is 0 Å². The maximum absolute atomic E-state index is 10.6. The van der Waals surface area contributed by atoms with Crippen molar-refractivity contribution in [3.8, 4) is 5.75 Å². The summed E-state index contributed by atoms with van der Waals surface area (Å²) < 4.78 is 4.99. The van der Waals surface area contributed by atoms with E-state index in [1.54, 1.807) is 6.92 Å². The first-order chi connectivity index (χ1) is 6.06.